The van der Waals surface area contributed by atoms with Gasteiger partial charge in [0.1, 0.15) is 29.0 Å². The Labute approximate surface area is 338 Å². The minimum Gasteiger partial charge on any atom is -0.507 e. The zero-order valence-electron chi connectivity index (χ0n) is 34.9. The van der Waals surface area contributed by atoms with Crippen LogP contribution in [0.3, 0.4) is 0 Å². The minimum absolute atomic E-state index is 0.000252. The molecule has 1 aliphatic carbocycles. The van der Waals surface area contributed by atoms with Gasteiger partial charge < -0.3 is 49.2 Å². The van der Waals surface area contributed by atoms with Gasteiger partial charge in [-0.25, -0.2) is 0 Å². The summed E-state index contributed by atoms with van der Waals surface area (Å²) in [7, 11) is 1.43. The number of aliphatic hydroxyl groups is 2. The Kier molecular flexibility index (Phi) is 13.1. The Morgan fingerprint density at radius 1 is 0.897 bits per heavy atom. The van der Waals surface area contributed by atoms with E-state index in [1.54, 1.807) is 58.6 Å². The summed E-state index contributed by atoms with van der Waals surface area (Å²) < 4.78 is 29.4. The molecule has 15 nitrogen and oxygen atoms in total. The fourth-order valence-corrected chi connectivity index (χ4v) is 8.34. The molecule has 1 aromatic rings. The Morgan fingerprint density at radius 3 is 2.14 bits per heavy atom. The van der Waals surface area contributed by atoms with E-state index in [9.17, 15) is 39.3 Å². The van der Waals surface area contributed by atoms with Crippen LogP contribution in [0.1, 0.15) is 99.0 Å². The third-order valence-corrected chi connectivity index (χ3v) is 11.7. The molecule has 0 aromatic heterocycles. The van der Waals surface area contributed by atoms with Gasteiger partial charge in [0.15, 0.2) is 0 Å². The molecule has 58 heavy (non-hydrogen) atoms. The average Bonchev–Trinajstić information content (AvgIpc) is 3.42. The van der Waals surface area contributed by atoms with Crippen molar-refractivity contribution in [2.24, 2.45) is 23.7 Å². The van der Waals surface area contributed by atoms with Crippen LogP contribution in [0.2, 0.25) is 0 Å². The topological polar surface area (TPSA) is 207 Å². The SMILES string of the molecule is CO[C@H]1C=CO[C@@]2(C)Oc3c(C)c(O)c4c(c3C2=O)C(=O)C(N2CC(C)OC(C)C2)=C(NC(=O)C(C)=CC=C[C@H](C)[C@H](O)[C@@H](C)[C@H](O)[C@H](C)[C@H](OC(C)=O)[C@@H]1C)C4=O. The van der Waals surface area contributed by atoms with E-state index in [4.69, 9.17) is 23.7 Å². The summed E-state index contributed by atoms with van der Waals surface area (Å²) in [6.45, 7) is 16.4. The van der Waals surface area contributed by atoms with Crippen LogP contribution in [0.4, 0.5) is 0 Å². The number of fused-ring (bicyclic) bond motifs is 14. The predicted octanol–water partition coefficient (Wildman–Crippen LogP) is 4.07. The van der Waals surface area contributed by atoms with Crippen molar-refractivity contribution < 1.29 is 63.0 Å². The largest absolute Gasteiger partial charge is 0.507 e. The molecule has 5 bridgehead atoms. The van der Waals surface area contributed by atoms with Gasteiger partial charge in [-0.05, 0) is 33.8 Å². The lowest BCUT2D eigenvalue weighted by Crippen LogP contribution is -2.49. The second-order valence-corrected chi connectivity index (χ2v) is 16.2. The molecule has 0 saturated carbocycles. The number of nitrogens with zero attached hydrogens (tertiary/aromatic N) is 1. The average molecular weight is 809 g/mol. The van der Waals surface area contributed by atoms with E-state index in [-0.39, 0.29) is 64.7 Å². The van der Waals surface area contributed by atoms with E-state index in [1.807, 2.05) is 0 Å². The van der Waals surface area contributed by atoms with Crippen molar-refractivity contribution >= 4 is 29.2 Å². The van der Waals surface area contributed by atoms with Crippen LogP contribution in [0.5, 0.6) is 11.5 Å². The van der Waals surface area contributed by atoms with Gasteiger partial charge in [0, 0.05) is 68.9 Å². The van der Waals surface area contributed by atoms with Crippen LogP contribution in [0, 0.1) is 30.6 Å². The number of morpholine rings is 1. The van der Waals surface area contributed by atoms with Crippen molar-refractivity contribution in [3.8, 4) is 11.5 Å². The van der Waals surface area contributed by atoms with Crippen molar-refractivity contribution in [3.05, 3.63) is 69.8 Å². The lowest BCUT2D eigenvalue weighted by atomic mass is 9.78. The second-order valence-electron chi connectivity index (χ2n) is 16.2. The van der Waals surface area contributed by atoms with Gasteiger partial charge in [-0.15, -0.1) is 0 Å². The van der Waals surface area contributed by atoms with Gasteiger partial charge in [-0.2, -0.15) is 0 Å². The summed E-state index contributed by atoms with van der Waals surface area (Å²) in [6.07, 6.45) is 2.69. The fraction of sp³-hybridized carbons (Fsp3) is 0.558. The molecule has 316 valence electrons. The smallest absolute Gasteiger partial charge is 0.312 e. The number of carbonyl (C=O) groups is 5. The zero-order valence-corrected chi connectivity index (χ0v) is 34.9. The normalized spacial score (nSPS) is 33.7. The van der Waals surface area contributed by atoms with Gasteiger partial charge in [0.2, 0.25) is 11.6 Å². The number of nitrogens with one attached hydrogen (secondary N) is 1. The van der Waals surface area contributed by atoms with Gasteiger partial charge in [0.25, 0.3) is 11.7 Å². The Bertz CT molecular complexity index is 1970. The number of esters is 1. The molecule has 1 saturated heterocycles. The third-order valence-electron chi connectivity index (χ3n) is 11.7. The molecule has 4 N–H and O–H groups in total. The molecule has 1 aromatic carbocycles. The lowest BCUT2D eigenvalue weighted by molar-refractivity contribution is -0.160. The number of aliphatic hydroxyl groups excluding tert-OH is 2. The first kappa shape index (κ1) is 44.3. The summed E-state index contributed by atoms with van der Waals surface area (Å²) >= 11 is 0. The van der Waals surface area contributed by atoms with Crippen LogP contribution in [0.25, 0.3) is 0 Å². The first-order valence-corrected chi connectivity index (χ1v) is 19.6. The molecule has 15 heteroatoms. The number of hydrogen-bond acceptors (Lipinski definition) is 14. The highest BCUT2D eigenvalue weighted by Crippen LogP contribution is 2.49. The third kappa shape index (κ3) is 8.22. The molecule has 1 fully saturated rings. The van der Waals surface area contributed by atoms with E-state index in [0.717, 1.165) is 0 Å². The van der Waals surface area contributed by atoms with E-state index in [1.165, 1.54) is 53.2 Å². The minimum atomic E-state index is -2.08. The van der Waals surface area contributed by atoms with Gasteiger partial charge >= 0.3 is 11.8 Å². The number of hydrogen-bond donors (Lipinski definition) is 4. The number of carbonyl (C=O) groups excluding carboxylic acids is 5. The number of ketones is 3. The molecule has 4 heterocycles. The van der Waals surface area contributed by atoms with Crippen LogP contribution in [0.15, 0.2) is 47.5 Å². The highest BCUT2D eigenvalue weighted by atomic mass is 16.7. The van der Waals surface area contributed by atoms with Crippen LogP contribution < -0.4 is 10.1 Å². The summed E-state index contributed by atoms with van der Waals surface area (Å²) in [6, 6.07) is 0. The number of phenols is 1. The first-order valence-electron chi connectivity index (χ1n) is 19.6. The molecular formula is C43H56N2O13. The Hall–Kier alpha value is -4.83. The summed E-state index contributed by atoms with van der Waals surface area (Å²) in [5.41, 5.74) is -1.50. The molecule has 6 rings (SSSR count). The maximum atomic E-state index is 14.9. The van der Waals surface area contributed by atoms with Crippen LogP contribution >= 0.6 is 0 Å². The highest BCUT2D eigenvalue weighted by Gasteiger charge is 2.53. The number of rotatable bonds is 3. The number of benzene rings is 1. The van der Waals surface area contributed by atoms with Crippen molar-refractivity contribution in [3.63, 3.8) is 0 Å². The Morgan fingerprint density at radius 2 is 1.53 bits per heavy atom. The van der Waals surface area contributed by atoms with Crippen molar-refractivity contribution in [1.82, 2.24) is 10.2 Å². The first-order chi connectivity index (χ1) is 27.1. The standard InChI is InChI=1S/C43H56N2O13/c1-19-13-12-14-20(2)42(53)44-32-33(45-17-21(3)56-22(4)18-45)38(51)29-30(37(32)50)36(49)26(8)40-31(29)41(52)43(10,58-40)55-16-15-28(54-11)23(5)39(57-27(9)46)25(7)35(48)24(6)34(19)47/h12-16,19,21-25,28,34-35,39,47-49H,17-18H2,1-11H3,(H,44,53)/t19-,21?,22?,23+,24+,25-,28-,34-,35-,39+,43-/m0/s1. The molecule has 1 amide bonds. The number of phenolic OH excluding ortho intramolecular Hbond substituents is 1. The number of ether oxygens (including phenoxy) is 5. The van der Waals surface area contributed by atoms with Crippen molar-refractivity contribution in [2.75, 3.05) is 20.2 Å². The number of allylic oxidation sites excluding steroid dienone is 4. The molecule has 5 aliphatic rings. The number of Topliss-reactive ketones (excluding diaryl/α,β-unsaturated/α-hetero) is 3. The molecule has 4 aliphatic heterocycles. The second kappa shape index (κ2) is 17.2. The van der Waals surface area contributed by atoms with E-state index in [2.05, 4.69) is 5.32 Å². The highest BCUT2D eigenvalue weighted by molar-refractivity contribution is 6.32. The van der Waals surface area contributed by atoms with E-state index >= 15 is 0 Å². The van der Waals surface area contributed by atoms with Crippen LogP contribution in [-0.2, 0) is 28.5 Å². The molecular weight excluding hydrogens is 752 g/mol. The molecule has 11 atom stereocenters. The lowest BCUT2D eigenvalue weighted by Gasteiger charge is -2.39. The van der Waals surface area contributed by atoms with Gasteiger partial charge in [-0.3, -0.25) is 24.0 Å². The number of aromatic hydroxyl groups is 1. The van der Waals surface area contributed by atoms with E-state index < -0.39 is 94.4 Å². The quantitative estimate of drug-likeness (QED) is 0.318. The van der Waals surface area contributed by atoms with Crippen molar-refractivity contribution in [1.29, 1.82) is 0 Å². The zero-order chi connectivity index (χ0) is 43.1. The number of methoxy groups -OCH3 is 1. The fourth-order valence-electron chi connectivity index (χ4n) is 8.34. The Balaban J connectivity index is 1.69. The maximum absolute atomic E-state index is 14.9. The molecule has 0 spiro atoms. The summed E-state index contributed by atoms with van der Waals surface area (Å²) in [5.74, 6) is -9.14. The summed E-state index contributed by atoms with van der Waals surface area (Å²) in [4.78, 5) is 71.6. The van der Waals surface area contributed by atoms with E-state index in [0.29, 0.717) is 0 Å². The van der Waals surface area contributed by atoms with Gasteiger partial charge in [0.05, 0.1) is 53.5 Å². The molecule has 2 unspecified atom stereocenters. The van der Waals surface area contributed by atoms with Gasteiger partial charge in [-0.1, -0.05) is 45.9 Å². The number of amides is 1. The maximum Gasteiger partial charge on any atom is 0.312 e. The van der Waals surface area contributed by atoms with Crippen molar-refractivity contribution in [2.45, 2.75) is 112 Å². The predicted molar refractivity (Wildman–Crippen MR) is 210 cm³/mol. The molecule has 0 radical (unpaired) electrons. The monoisotopic (exact) mass is 808 g/mol. The summed E-state index contributed by atoms with van der Waals surface area (Å²) in [5, 5.41) is 37.0. The van der Waals surface area contributed by atoms with Crippen LogP contribution in [-0.4, -0.2) is 112 Å².